The lowest BCUT2D eigenvalue weighted by atomic mass is 9.93. The van der Waals surface area contributed by atoms with Crippen LogP contribution in [0.1, 0.15) is 25.7 Å². The highest BCUT2D eigenvalue weighted by Crippen LogP contribution is 2.18. The lowest BCUT2D eigenvalue weighted by Crippen LogP contribution is -2.46. The second-order valence-corrected chi connectivity index (χ2v) is 4.31. The second-order valence-electron chi connectivity index (χ2n) is 4.31. The van der Waals surface area contributed by atoms with E-state index < -0.39 is 12.2 Å². The molecule has 1 amide bonds. The van der Waals surface area contributed by atoms with Gasteiger partial charge in [0.25, 0.3) is 0 Å². The van der Waals surface area contributed by atoms with Gasteiger partial charge in [-0.3, -0.25) is 0 Å². The Morgan fingerprint density at radius 1 is 1.24 bits per heavy atom. The zero-order chi connectivity index (χ0) is 12.1. The number of amides is 1. The van der Waals surface area contributed by atoms with Crippen molar-refractivity contribution in [3.05, 3.63) is 30.3 Å². The van der Waals surface area contributed by atoms with Crippen molar-refractivity contribution in [2.75, 3.05) is 0 Å². The van der Waals surface area contributed by atoms with Gasteiger partial charge in [-0.1, -0.05) is 31.0 Å². The van der Waals surface area contributed by atoms with Crippen LogP contribution in [0.15, 0.2) is 30.3 Å². The maximum absolute atomic E-state index is 11.6. The molecule has 0 bridgehead atoms. The van der Waals surface area contributed by atoms with Gasteiger partial charge in [0.2, 0.25) is 0 Å². The SMILES string of the molecule is O=C(N[C@H]1CCCC[C@@H]1O)Oc1ccccc1. The van der Waals surface area contributed by atoms with Gasteiger partial charge in [-0.15, -0.1) is 0 Å². The van der Waals surface area contributed by atoms with Gasteiger partial charge < -0.3 is 15.2 Å². The minimum atomic E-state index is -0.498. The quantitative estimate of drug-likeness (QED) is 0.825. The molecule has 0 radical (unpaired) electrons. The van der Waals surface area contributed by atoms with Crippen LogP contribution in [0.25, 0.3) is 0 Å². The molecule has 1 aliphatic rings. The number of aliphatic hydroxyl groups excluding tert-OH is 1. The zero-order valence-electron chi connectivity index (χ0n) is 9.63. The van der Waals surface area contributed by atoms with Crippen molar-refractivity contribution in [1.82, 2.24) is 5.32 Å². The number of para-hydroxylation sites is 1. The van der Waals surface area contributed by atoms with E-state index >= 15 is 0 Å². The van der Waals surface area contributed by atoms with E-state index in [2.05, 4.69) is 5.32 Å². The topological polar surface area (TPSA) is 58.6 Å². The number of aliphatic hydroxyl groups is 1. The molecule has 1 fully saturated rings. The van der Waals surface area contributed by atoms with Crippen molar-refractivity contribution in [3.63, 3.8) is 0 Å². The standard InChI is InChI=1S/C13H17NO3/c15-12-9-5-4-8-11(12)14-13(16)17-10-6-2-1-3-7-10/h1-3,6-7,11-12,15H,4-5,8-9H2,(H,14,16)/t11-,12-/m0/s1. The Labute approximate surface area is 101 Å². The van der Waals surface area contributed by atoms with Crippen LogP contribution in [0, 0.1) is 0 Å². The lowest BCUT2D eigenvalue weighted by Gasteiger charge is -2.27. The second kappa shape index (κ2) is 5.68. The predicted octanol–water partition coefficient (Wildman–Crippen LogP) is 2.08. The van der Waals surface area contributed by atoms with Gasteiger partial charge in [0, 0.05) is 0 Å². The highest BCUT2D eigenvalue weighted by molar-refractivity contribution is 5.70. The van der Waals surface area contributed by atoms with Crippen molar-refractivity contribution in [1.29, 1.82) is 0 Å². The third-order valence-electron chi connectivity index (χ3n) is 2.99. The molecule has 0 spiro atoms. The highest BCUT2D eigenvalue weighted by atomic mass is 16.6. The van der Waals surface area contributed by atoms with Crippen molar-refractivity contribution in [3.8, 4) is 5.75 Å². The Balaban J connectivity index is 1.84. The molecule has 2 atom stereocenters. The molecule has 0 aromatic heterocycles. The molecule has 17 heavy (non-hydrogen) atoms. The van der Waals surface area contributed by atoms with E-state index in [1.54, 1.807) is 24.3 Å². The fourth-order valence-corrected chi connectivity index (χ4v) is 2.06. The van der Waals surface area contributed by atoms with Crippen LogP contribution in [0.3, 0.4) is 0 Å². The van der Waals surface area contributed by atoms with Gasteiger partial charge in [0.05, 0.1) is 12.1 Å². The fraction of sp³-hybridized carbons (Fsp3) is 0.462. The fourth-order valence-electron chi connectivity index (χ4n) is 2.06. The van der Waals surface area contributed by atoms with Gasteiger partial charge in [-0.2, -0.15) is 0 Å². The number of rotatable bonds is 2. The zero-order valence-corrected chi connectivity index (χ0v) is 9.63. The van der Waals surface area contributed by atoms with E-state index in [9.17, 15) is 9.90 Å². The van der Waals surface area contributed by atoms with Crippen molar-refractivity contribution >= 4 is 6.09 Å². The first-order chi connectivity index (χ1) is 8.25. The summed E-state index contributed by atoms with van der Waals surface area (Å²) in [5, 5.41) is 12.4. The van der Waals surface area contributed by atoms with E-state index in [0.29, 0.717) is 5.75 Å². The molecule has 0 heterocycles. The monoisotopic (exact) mass is 235 g/mol. The summed E-state index contributed by atoms with van der Waals surface area (Å²) in [4.78, 5) is 11.6. The third kappa shape index (κ3) is 3.46. The summed E-state index contributed by atoms with van der Waals surface area (Å²) in [6.45, 7) is 0. The number of benzene rings is 1. The van der Waals surface area contributed by atoms with Gasteiger partial charge in [0.1, 0.15) is 5.75 Å². The summed E-state index contributed by atoms with van der Waals surface area (Å²) in [5.74, 6) is 0.510. The molecule has 2 N–H and O–H groups in total. The average Bonchev–Trinajstić information content (AvgIpc) is 2.33. The van der Waals surface area contributed by atoms with Crippen LogP contribution in [0.4, 0.5) is 4.79 Å². The Morgan fingerprint density at radius 2 is 1.94 bits per heavy atom. The number of nitrogens with one attached hydrogen (secondary N) is 1. The summed E-state index contributed by atoms with van der Waals surface area (Å²) in [5.41, 5.74) is 0. The number of hydrogen-bond acceptors (Lipinski definition) is 3. The van der Waals surface area contributed by atoms with E-state index in [0.717, 1.165) is 25.7 Å². The molecule has 4 heteroatoms. The molecular formula is C13H17NO3. The van der Waals surface area contributed by atoms with Crippen LogP contribution in [0.5, 0.6) is 5.75 Å². The molecule has 1 aromatic rings. The van der Waals surface area contributed by atoms with E-state index in [-0.39, 0.29) is 6.04 Å². The summed E-state index contributed by atoms with van der Waals surface area (Å²) in [6, 6.07) is 8.72. The summed E-state index contributed by atoms with van der Waals surface area (Å²) in [7, 11) is 0. The molecule has 0 saturated heterocycles. The normalized spacial score (nSPS) is 24.1. The van der Waals surface area contributed by atoms with E-state index in [4.69, 9.17) is 4.74 Å². The molecule has 92 valence electrons. The van der Waals surface area contributed by atoms with Gasteiger partial charge in [-0.05, 0) is 25.0 Å². The van der Waals surface area contributed by atoms with Crippen LogP contribution in [0.2, 0.25) is 0 Å². The van der Waals surface area contributed by atoms with Crippen LogP contribution in [-0.2, 0) is 0 Å². The molecule has 0 aliphatic heterocycles. The van der Waals surface area contributed by atoms with E-state index in [1.165, 1.54) is 0 Å². The Bertz CT molecular complexity index is 366. The summed E-state index contributed by atoms with van der Waals surface area (Å²) in [6.07, 6.45) is 2.66. The first-order valence-electron chi connectivity index (χ1n) is 5.97. The van der Waals surface area contributed by atoms with Gasteiger partial charge >= 0.3 is 6.09 Å². The van der Waals surface area contributed by atoms with Gasteiger partial charge in [-0.25, -0.2) is 4.79 Å². The number of carbonyl (C=O) groups excluding carboxylic acids is 1. The Morgan fingerprint density at radius 3 is 2.65 bits per heavy atom. The number of carbonyl (C=O) groups is 1. The largest absolute Gasteiger partial charge is 0.412 e. The van der Waals surface area contributed by atoms with Crippen LogP contribution >= 0.6 is 0 Å². The first-order valence-corrected chi connectivity index (χ1v) is 5.97. The molecule has 2 rings (SSSR count). The van der Waals surface area contributed by atoms with Crippen molar-refractivity contribution in [2.45, 2.75) is 37.8 Å². The number of ether oxygens (including phenoxy) is 1. The predicted molar refractivity (Wildman–Crippen MR) is 63.9 cm³/mol. The minimum absolute atomic E-state index is 0.181. The average molecular weight is 235 g/mol. The van der Waals surface area contributed by atoms with Crippen molar-refractivity contribution in [2.24, 2.45) is 0 Å². The smallest absolute Gasteiger partial charge is 0.410 e. The van der Waals surface area contributed by atoms with Gasteiger partial charge in [0.15, 0.2) is 0 Å². The Hall–Kier alpha value is -1.55. The van der Waals surface area contributed by atoms with Crippen LogP contribution in [-0.4, -0.2) is 23.3 Å². The summed E-state index contributed by atoms with van der Waals surface area (Å²) < 4.78 is 5.10. The molecule has 1 saturated carbocycles. The summed E-state index contributed by atoms with van der Waals surface area (Å²) >= 11 is 0. The molecule has 0 unspecified atom stereocenters. The van der Waals surface area contributed by atoms with Crippen LogP contribution < -0.4 is 10.1 Å². The molecule has 1 aromatic carbocycles. The van der Waals surface area contributed by atoms with Crippen molar-refractivity contribution < 1.29 is 14.6 Å². The number of hydrogen-bond donors (Lipinski definition) is 2. The maximum Gasteiger partial charge on any atom is 0.412 e. The lowest BCUT2D eigenvalue weighted by molar-refractivity contribution is 0.0892. The minimum Gasteiger partial charge on any atom is -0.410 e. The molecular weight excluding hydrogens is 218 g/mol. The molecule has 4 nitrogen and oxygen atoms in total. The maximum atomic E-state index is 11.6. The van der Waals surface area contributed by atoms with E-state index in [1.807, 2.05) is 6.07 Å². The first kappa shape index (κ1) is 11.9. The third-order valence-corrected chi connectivity index (χ3v) is 2.99. The molecule has 1 aliphatic carbocycles. The Kier molecular flexibility index (Phi) is 3.98. The highest BCUT2D eigenvalue weighted by Gasteiger charge is 2.24.